The van der Waals surface area contributed by atoms with E-state index in [0.717, 1.165) is 16.7 Å². The second kappa shape index (κ2) is 7.79. The highest BCUT2D eigenvalue weighted by molar-refractivity contribution is 6.30. The minimum atomic E-state index is -0.423. The van der Waals surface area contributed by atoms with E-state index in [9.17, 15) is 5.26 Å². The average Bonchev–Trinajstić information content (AvgIpc) is 2.65. The molecule has 0 saturated heterocycles. The molecule has 0 spiro atoms. The van der Waals surface area contributed by atoms with Crippen LogP contribution in [0, 0.1) is 11.3 Å². The predicted octanol–water partition coefficient (Wildman–Crippen LogP) is 5.28. The summed E-state index contributed by atoms with van der Waals surface area (Å²) in [6.07, 6.45) is 0. The van der Waals surface area contributed by atoms with Crippen LogP contribution in [-0.4, -0.2) is 0 Å². The van der Waals surface area contributed by atoms with Crippen molar-refractivity contribution in [1.82, 2.24) is 5.32 Å². The molecule has 118 valence electrons. The average molecular weight is 333 g/mol. The molecule has 0 aliphatic heterocycles. The number of benzene rings is 3. The first kappa shape index (κ1) is 16.3. The molecule has 24 heavy (non-hydrogen) atoms. The number of nitriles is 1. The lowest BCUT2D eigenvalue weighted by molar-refractivity contribution is 0.559. The van der Waals surface area contributed by atoms with Crippen LogP contribution in [0.4, 0.5) is 0 Å². The van der Waals surface area contributed by atoms with E-state index < -0.39 is 6.04 Å². The maximum absolute atomic E-state index is 9.65. The molecule has 0 aliphatic carbocycles. The number of hydrogen-bond acceptors (Lipinski definition) is 2. The molecular weight excluding hydrogens is 316 g/mol. The first-order valence-corrected chi connectivity index (χ1v) is 8.17. The largest absolute Gasteiger partial charge is 0.287 e. The third kappa shape index (κ3) is 3.83. The molecule has 3 heteroatoms. The Morgan fingerprint density at radius 3 is 1.67 bits per heavy atom. The smallest absolute Gasteiger partial charge is 0.122 e. The third-order valence-electron chi connectivity index (χ3n) is 3.93. The molecule has 0 fully saturated rings. The zero-order valence-corrected chi connectivity index (χ0v) is 13.8. The maximum Gasteiger partial charge on any atom is 0.122 e. The second-order valence-corrected chi connectivity index (χ2v) is 5.97. The van der Waals surface area contributed by atoms with Gasteiger partial charge in [-0.3, -0.25) is 5.32 Å². The minimum absolute atomic E-state index is 0.0623. The summed E-state index contributed by atoms with van der Waals surface area (Å²) in [5, 5.41) is 13.8. The van der Waals surface area contributed by atoms with E-state index in [4.69, 9.17) is 11.6 Å². The minimum Gasteiger partial charge on any atom is -0.287 e. The van der Waals surface area contributed by atoms with E-state index in [1.807, 2.05) is 60.7 Å². The number of nitrogens with one attached hydrogen (secondary N) is 1. The van der Waals surface area contributed by atoms with Gasteiger partial charge >= 0.3 is 0 Å². The molecule has 1 atom stereocenters. The molecule has 0 radical (unpaired) electrons. The van der Waals surface area contributed by atoms with Gasteiger partial charge < -0.3 is 0 Å². The van der Waals surface area contributed by atoms with Crippen LogP contribution in [-0.2, 0) is 0 Å². The summed E-state index contributed by atoms with van der Waals surface area (Å²) in [6.45, 7) is 0. The zero-order chi connectivity index (χ0) is 16.8. The number of nitrogens with zero attached hydrogens (tertiary/aromatic N) is 1. The molecule has 0 amide bonds. The summed E-state index contributed by atoms with van der Waals surface area (Å²) in [6, 6.07) is 29.6. The molecule has 0 aromatic heterocycles. The van der Waals surface area contributed by atoms with Crippen LogP contribution in [0.1, 0.15) is 28.8 Å². The molecule has 0 aliphatic rings. The second-order valence-electron chi connectivity index (χ2n) is 5.53. The molecular formula is C21H17ClN2. The van der Waals surface area contributed by atoms with E-state index in [1.54, 1.807) is 0 Å². The van der Waals surface area contributed by atoms with Crippen LogP contribution in [0.5, 0.6) is 0 Å². The number of rotatable bonds is 5. The number of halogens is 1. The Hall–Kier alpha value is -2.60. The van der Waals surface area contributed by atoms with Crippen molar-refractivity contribution in [2.45, 2.75) is 12.1 Å². The van der Waals surface area contributed by atoms with Crippen LogP contribution < -0.4 is 5.32 Å². The van der Waals surface area contributed by atoms with Gasteiger partial charge in [-0.1, -0.05) is 84.4 Å². The van der Waals surface area contributed by atoms with Crippen LogP contribution in [0.3, 0.4) is 0 Å². The Balaban J connectivity index is 1.94. The highest BCUT2D eigenvalue weighted by Gasteiger charge is 2.19. The van der Waals surface area contributed by atoms with E-state index in [1.165, 1.54) is 0 Å². The highest BCUT2D eigenvalue weighted by atomic mass is 35.5. The van der Waals surface area contributed by atoms with Crippen molar-refractivity contribution in [2.24, 2.45) is 0 Å². The summed E-state index contributed by atoms with van der Waals surface area (Å²) in [5.41, 5.74) is 3.15. The standard InChI is InChI=1S/C21H17ClN2/c22-19-13-11-16(12-14-19)20(15-23)24-21(17-7-3-1-4-8-17)18-9-5-2-6-10-18/h1-14,20-21,24H/t20-/m1/s1. The van der Waals surface area contributed by atoms with Gasteiger partial charge in [0, 0.05) is 5.02 Å². The van der Waals surface area contributed by atoms with Crippen LogP contribution in [0.15, 0.2) is 84.9 Å². The van der Waals surface area contributed by atoms with Gasteiger partial charge in [0.15, 0.2) is 0 Å². The SMILES string of the molecule is N#C[C@@H](NC(c1ccccc1)c1ccccc1)c1ccc(Cl)cc1. The summed E-state index contributed by atoms with van der Waals surface area (Å²) in [4.78, 5) is 0. The highest BCUT2D eigenvalue weighted by Crippen LogP contribution is 2.26. The topological polar surface area (TPSA) is 35.8 Å². The van der Waals surface area contributed by atoms with Gasteiger partial charge in [0.25, 0.3) is 0 Å². The predicted molar refractivity (Wildman–Crippen MR) is 97.7 cm³/mol. The Morgan fingerprint density at radius 2 is 1.21 bits per heavy atom. The van der Waals surface area contributed by atoms with Crippen molar-refractivity contribution in [1.29, 1.82) is 5.26 Å². The molecule has 0 heterocycles. The molecule has 2 nitrogen and oxygen atoms in total. The molecule has 0 unspecified atom stereocenters. The zero-order valence-electron chi connectivity index (χ0n) is 13.1. The van der Waals surface area contributed by atoms with Crippen LogP contribution in [0.25, 0.3) is 0 Å². The summed E-state index contributed by atoms with van der Waals surface area (Å²) in [7, 11) is 0. The van der Waals surface area contributed by atoms with E-state index in [0.29, 0.717) is 5.02 Å². The van der Waals surface area contributed by atoms with Gasteiger partial charge in [-0.15, -0.1) is 0 Å². The monoisotopic (exact) mass is 332 g/mol. The Kier molecular flexibility index (Phi) is 5.28. The van der Waals surface area contributed by atoms with Crippen molar-refractivity contribution < 1.29 is 0 Å². The Bertz CT molecular complexity index is 768. The van der Waals surface area contributed by atoms with E-state index >= 15 is 0 Å². The normalized spacial score (nSPS) is 11.9. The quantitative estimate of drug-likeness (QED) is 0.689. The first-order valence-electron chi connectivity index (χ1n) is 7.79. The Morgan fingerprint density at radius 1 is 0.708 bits per heavy atom. The van der Waals surface area contributed by atoms with Crippen molar-refractivity contribution in [3.8, 4) is 6.07 Å². The molecule has 1 N–H and O–H groups in total. The third-order valence-corrected chi connectivity index (χ3v) is 4.18. The molecule has 0 bridgehead atoms. The van der Waals surface area contributed by atoms with Gasteiger partial charge in [0.1, 0.15) is 6.04 Å². The first-order chi connectivity index (χ1) is 11.8. The van der Waals surface area contributed by atoms with Crippen LogP contribution >= 0.6 is 11.6 Å². The van der Waals surface area contributed by atoms with E-state index in [-0.39, 0.29) is 6.04 Å². The summed E-state index contributed by atoms with van der Waals surface area (Å²) >= 11 is 5.95. The fourth-order valence-electron chi connectivity index (χ4n) is 2.71. The van der Waals surface area contributed by atoms with Crippen molar-refractivity contribution >= 4 is 11.6 Å². The lowest BCUT2D eigenvalue weighted by Crippen LogP contribution is -2.26. The fraction of sp³-hybridized carbons (Fsp3) is 0.0952. The van der Waals surface area contributed by atoms with Gasteiger partial charge in [0.2, 0.25) is 0 Å². The maximum atomic E-state index is 9.65. The molecule has 0 saturated carbocycles. The lowest BCUT2D eigenvalue weighted by Gasteiger charge is -2.23. The molecule has 3 aromatic rings. The molecule has 3 rings (SSSR count). The lowest BCUT2D eigenvalue weighted by atomic mass is 9.96. The summed E-state index contributed by atoms with van der Waals surface area (Å²) < 4.78 is 0. The van der Waals surface area contributed by atoms with Gasteiger partial charge in [-0.2, -0.15) is 5.26 Å². The fourth-order valence-corrected chi connectivity index (χ4v) is 2.83. The Labute approximate surface area is 147 Å². The van der Waals surface area contributed by atoms with Gasteiger partial charge in [0.05, 0.1) is 12.1 Å². The van der Waals surface area contributed by atoms with Gasteiger partial charge in [-0.25, -0.2) is 0 Å². The van der Waals surface area contributed by atoms with Gasteiger partial charge in [-0.05, 0) is 28.8 Å². The van der Waals surface area contributed by atoms with E-state index in [2.05, 4.69) is 35.7 Å². The van der Waals surface area contributed by atoms with Crippen molar-refractivity contribution in [3.63, 3.8) is 0 Å². The number of hydrogen-bond donors (Lipinski definition) is 1. The van der Waals surface area contributed by atoms with Crippen molar-refractivity contribution in [2.75, 3.05) is 0 Å². The molecule has 3 aromatic carbocycles. The van der Waals surface area contributed by atoms with Crippen LogP contribution in [0.2, 0.25) is 5.02 Å². The van der Waals surface area contributed by atoms with Crippen molar-refractivity contribution in [3.05, 3.63) is 107 Å². The summed E-state index contributed by atoms with van der Waals surface area (Å²) in [5.74, 6) is 0.